The lowest BCUT2D eigenvalue weighted by Gasteiger charge is -2.17. The molecule has 2 aromatic rings. The summed E-state index contributed by atoms with van der Waals surface area (Å²) in [6.45, 7) is 2.05. The van der Waals surface area contributed by atoms with Gasteiger partial charge in [-0.15, -0.1) is 0 Å². The second-order valence-corrected chi connectivity index (χ2v) is 5.31. The second kappa shape index (κ2) is 4.99. The number of nitrogens with zero attached hydrogens (tertiary/aromatic N) is 1. The lowest BCUT2D eigenvalue weighted by Crippen LogP contribution is -2.10. The number of fused-ring (bicyclic) bond motifs is 1. The minimum absolute atomic E-state index is 0.0863. The zero-order chi connectivity index (χ0) is 14.1. The molecular formula is C17H17N3. The Morgan fingerprint density at radius 2 is 1.95 bits per heavy atom. The third-order valence-electron chi connectivity index (χ3n) is 3.96. The van der Waals surface area contributed by atoms with Crippen molar-refractivity contribution in [2.24, 2.45) is 5.73 Å². The fraction of sp³-hybridized carbons (Fsp3) is 0.235. The Hall–Kier alpha value is -2.31. The molecule has 2 atom stereocenters. The summed E-state index contributed by atoms with van der Waals surface area (Å²) < 4.78 is 0. The molecule has 0 bridgehead atoms. The number of nitrogens with one attached hydrogen (secondary N) is 1. The van der Waals surface area contributed by atoms with E-state index in [-0.39, 0.29) is 12.1 Å². The fourth-order valence-corrected chi connectivity index (χ4v) is 2.85. The molecule has 0 fully saturated rings. The van der Waals surface area contributed by atoms with Gasteiger partial charge in [0, 0.05) is 11.7 Å². The Kier molecular flexibility index (Phi) is 3.17. The monoisotopic (exact) mass is 263 g/mol. The highest BCUT2D eigenvalue weighted by atomic mass is 14.9. The molecule has 3 heteroatoms. The highest BCUT2D eigenvalue weighted by molar-refractivity contribution is 5.57. The second-order valence-electron chi connectivity index (χ2n) is 5.31. The van der Waals surface area contributed by atoms with E-state index in [1.807, 2.05) is 37.3 Å². The molecule has 0 saturated carbocycles. The summed E-state index contributed by atoms with van der Waals surface area (Å²) >= 11 is 0. The van der Waals surface area contributed by atoms with Crippen molar-refractivity contribution in [2.75, 3.05) is 5.32 Å². The molecule has 1 aliphatic rings. The van der Waals surface area contributed by atoms with Crippen molar-refractivity contribution >= 4 is 5.69 Å². The molecule has 100 valence electrons. The minimum atomic E-state index is 0.0863. The number of aryl methyl sites for hydroxylation is 1. The first-order valence-electron chi connectivity index (χ1n) is 6.80. The van der Waals surface area contributed by atoms with Gasteiger partial charge in [-0.2, -0.15) is 5.26 Å². The summed E-state index contributed by atoms with van der Waals surface area (Å²) in [5.74, 6) is 0. The molecule has 3 N–H and O–H groups in total. The fourth-order valence-electron chi connectivity index (χ4n) is 2.85. The molecule has 2 unspecified atom stereocenters. The molecule has 20 heavy (non-hydrogen) atoms. The Morgan fingerprint density at radius 1 is 1.20 bits per heavy atom. The van der Waals surface area contributed by atoms with Crippen LogP contribution in [0, 0.1) is 18.3 Å². The van der Waals surface area contributed by atoms with Crippen LogP contribution in [-0.2, 0) is 0 Å². The van der Waals surface area contributed by atoms with Crippen LogP contribution in [0.15, 0.2) is 42.5 Å². The number of rotatable bonds is 2. The van der Waals surface area contributed by atoms with E-state index in [1.54, 1.807) is 0 Å². The van der Waals surface area contributed by atoms with Crippen LogP contribution in [0.5, 0.6) is 0 Å². The van der Waals surface area contributed by atoms with Crippen LogP contribution in [-0.4, -0.2) is 0 Å². The number of hydrogen-bond donors (Lipinski definition) is 2. The lowest BCUT2D eigenvalue weighted by molar-refractivity contribution is 0.648. The van der Waals surface area contributed by atoms with Gasteiger partial charge in [0.05, 0.1) is 17.7 Å². The molecule has 0 saturated heterocycles. The summed E-state index contributed by atoms with van der Waals surface area (Å²) in [6, 6.07) is 16.5. The van der Waals surface area contributed by atoms with Crippen LogP contribution in [0.4, 0.5) is 5.69 Å². The molecule has 0 aliphatic heterocycles. The van der Waals surface area contributed by atoms with Crippen molar-refractivity contribution in [1.29, 1.82) is 5.26 Å². The van der Waals surface area contributed by atoms with Crippen molar-refractivity contribution in [3.8, 4) is 6.07 Å². The molecule has 3 nitrogen and oxygen atoms in total. The maximum absolute atomic E-state index is 9.02. The number of nitriles is 1. The molecule has 0 amide bonds. The maximum atomic E-state index is 9.02. The van der Waals surface area contributed by atoms with Gasteiger partial charge in [0.2, 0.25) is 0 Å². The van der Waals surface area contributed by atoms with Crippen LogP contribution in [0.1, 0.15) is 40.8 Å². The van der Waals surface area contributed by atoms with Crippen molar-refractivity contribution < 1.29 is 0 Å². The first-order valence-corrected chi connectivity index (χ1v) is 6.80. The van der Waals surface area contributed by atoms with Crippen LogP contribution in [0.3, 0.4) is 0 Å². The van der Waals surface area contributed by atoms with Crippen LogP contribution in [0.25, 0.3) is 0 Å². The van der Waals surface area contributed by atoms with Gasteiger partial charge < -0.3 is 11.1 Å². The molecule has 3 rings (SSSR count). The zero-order valence-electron chi connectivity index (χ0n) is 11.4. The lowest BCUT2D eigenvalue weighted by atomic mass is 10.1. The number of anilines is 1. The first-order chi connectivity index (χ1) is 9.69. The summed E-state index contributed by atoms with van der Waals surface area (Å²) in [7, 11) is 0. The minimum Gasteiger partial charge on any atom is -0.378 e. The predicted octanol–water partition coefficient (Wildman–Crippen LogP) is 3.42. The topological polar surface area (TPSA) is 61.8 Å². The SMILES string of the molecule is Cc1ccc(C#N)cc1NC1CC(N)c2ccccc21. The third-order valence-corrected chi connectivity index (χ3v) is 3.96. The van der Waals surface area contributed by atoms with Gasteiger partial charge in [0.25, 0.3) is 0 Å². The predicted molar refractivity (Wildman–Crippen MR) is 80.2 cm³/mol. The normalized spacial score (nSPS) is 20.2. The van der Waals surface area contributed by atoms with Gasteiger partial charge in [-0.05, 0) is 42.2 Å². The summed E-state index contributed by atoms with van der Waals surface area (Å²) in [5, 5.41) is 12.6. The van der Waals surface area contributed by atoms with E-state index in [1.165, 1.54) is 11.1 Å². The van der Waals surface area contributed by atoms with E-state index < -0.39 is 0 Å². The van der Waals surface area contributed by atoms with E-state index in [9.17, 15) is 0 Å². The van der Waals surface area contributed by atoms with Crippen LogP contribution < -0.4 is 11.1 Å². The van der Waals surface area contributed by atoms with Crippen LogP contribution in [0.2, 0.25) is 0 Å². The number of hydrogen-bond acceptors (Lipinski definition) is 3. The first kappa shape index (κ1) is 12.7. The van der Waals surface area contributed by atoms with Gasteiger partial charge in [0.15, 0.2) is 0 Å². The smallest absolute Gasteiger partial charge is 0.0992 e. The molecule has 0 spiro atoms. The van der Waals surface area contributed by atoms with Crippen molar-refractivity contribution in [3.05, 3.63) is 64.7 Å². The Morgan fingerprint density at radius 3 is 2.70 bits per heavy atom. The van der Waals surface area contributed by atoms with Gasteiger partial charge in [-0.1, -0.05) is 30.3 Å². The number of benzene rings is 2. The molecule has 0 heterocycles. The quantitative estimate of drug-likeness (QED) is 0.872. The average Bonchev–Trinajstić information content (AvgIpc) is 2.78. The molecule has 1 aliphatic carbocycles. The van der Waals surface area contributed by atoms with E-state index >= 15 is 0 Å². The summed E-state index contributed by atoms with van der Waals surface area (Å²) in [6.07, 6.45) is 0.884. The van der Waals surface area contributed by atoms with Crippen molar-refractivity contribution in [2.45, 2.75) is 25.4 Å². The largest absolute Gasteiger partial charge is 0.378 e. The van der Waals surface area contributed by atoms with E-state index in [2.05, 4.69) is 23.5 Å². The van der Waals surface area contributed by atoms with Gasteiger partial charge in [0.1, 0.15) is 0 Å². The maximum Gasteiger partial charge on any atom is 0.0992 e. The van der Waals surface area contributed by atoms with Gasteiger partial charge in [-0.25, -0.2) is 0 Å². The van der Waals surface area contributed by atoms with Crippen molar-refractivity contribution in [1.82, 2.24) is 0 Å². The standard InChI is InChI=1S/C17H17N3/c1-11-6-7-12(10-18)8-16(11)20-17-9-15(19)13-4-2-3-5-14(13)17/h2-8,15,17,20H,9,19H2,1H3. The van der Waals surface area contributed by atoms with E-state index in [0.29, 0.717) is 5.56 Å². The zero-order valence-corrected chi connectivity index (χ0v) is 11.4. The molecule has 0 radical (unpaired) electrons. The van der Waals surface area contributed by atoms with Crippen LogP contribution >= 0.6 is 0 Å². The van der Waals surface area contributed by atoms with E-state index in [4.69, 9.17) is 11.0 Å². The molecule has 2 aromatic carbocycles. The Balaban J connectivity index is 1.92. The summed E-state index contributed by atoms with van der Waals surface area (Å²) in [5.41, 5.74) is 11.5. The Labute approximate surface area is 119 Å². The highest BCUT2D eigenvalue weighted by Crippen LogP contribution is 2.39. The summed E-state index contributed by atoms with van der Waals surface area (Å²) in [4.78, 5) is 0. The molecular weight excluding hydrogens is 246 g/mol. The number of nitrogens with two attached hydrogens (primary N) is 1. The average molecular weight is 263 g/mol. The Bertz CT molecular complexity index is 685. The van der Waals surface area contributed by atoms with E-state index in [0.717, 1.165) is 17.7 Å². The van der Waals surface area contributed by atoms with Crippen molar-refractivity contribution in [3.63, 3.8) is 0 Å². The highest BCUT2D eigenvalue weighted by Gasteiger charge is 2.28. The molecule has 0 aromatic heterocycles. The van der Waals surface area contributed by atoms with Gasteiger partial charge >= 0.3 is 0 Å². The van der Waals surface area contributed by atoms with Gasteiger partial charge in [-0.3, -0.25) is 0 Å². The third kappa shape index (κ3) is 2.15.